The normalized spacial score (nSPS) is 13.3. The highest BCUT2D eigenvalue weighted by molar-refractivity contribution is 6.01. The van der Waals surface area contributed by atoms with Gasteiger partial charge >= 0.3 is 6.18 Å². The van der Waals surface area contributed by atoms with E-state index in [1.807, 2.05) is 32.0 Å². The predicted molar refractivity (Wildman–Crippen MR) is 127 cm³/mol. The van der Waals surface area contributed by atoms with E-state index in [1.165, 1.54) is 11.0 Å². The summed E-state index contributed by atoms with van der Waals surface area (Å²) in [6, 6.07) is 9.16. The minimum atomic E-state index is -4.55. The number of nitrogens with one attached hydrogen (secondary N) is 1. The number of hydrogen-bond acceptors (Lipinski definition) is 3. The van der Waals surface area contributed by atoms with Gasteiger partial charge in [-0.05, 0) is 49.6 Å². The summed E-state index contributed by atoms with van der Waals surface area (Å²) in [4.78, 5) is 29.4. The molecule has 1 N–H and O–H groups in total. The van der Waals surface area contributed by atoms with Gasteiger partial charge < -0.3 is 15.1 Å². The Morgan fingerprint density at radius 2 is 1.61 bits per heavy atom. The Labute approximate surface area is 193 Å². The van der Waals surface area contributed by atoms with Gasteiger partial charge in [-0.2, -0.15) is 13.2 Å². The Balaban J connectivity index is 2.29. The molecule has 2 unspecified atom stereocenters. The summed E-state index contributed by atoms with van der Waals surface area (Å²) < 4.78 is 40.0. The Morgan fingerprint density at radius 3 is 2.09 bits per heavy atom. The lowest BCUT2D eigenvalue weighted by Crippen LogP contribution is -2.40. The molecule has 0 spiro atoms. The summed E-state index contributed by atoms with van der Waals surface area (Å²) in [5.41, 5.74) is 2.17. The van der Waals surface area contributed by atoms with E-state index in [9.17, 15) is 22.8 Å². The molecule has 33 heavy (non-hydrogen) atoms. The third kappa shape index (κ3) is 6.06. The molecule has 0 aromatic heterocycles. The summed E-state index contributed by atoms with van der Waals surface area (Å²) in [5.74, 6) is -2.09. The van der Waals surface area contributed by atoms with E-state index in [-0.39, 0.29) is 11.6 Å². The largest absolute Gasteiger partial charge is 0.416 e. The first kappa shape index (κ1) is 26.2. The number of benzene rings is 2. The molecule has 2 rings (SSSR count). The molecule has 180 valence electrons. The van der Waals surface area contributed by atoms with Crippen LogP contribution >= 0.6 is 0 Å². The fourth-order valence-corrected chi connectivity index (χ4v) is 4.03. The molecule has 8 heteroatoms. The minimum absolute atomic E-state index is 0.0414. The van der Waals surface area contributed by atoms with Crippen molar-refractivity contribution in [1.29, 1.82) is 0 Å². The lowest BCUT2D eigenvalue weighted by Gasteiger charge is -2.28. The van der Waals surface area contributed by atoms with Crippen LogP contribution in [0.5, 0.6) is 0 Å². The van der Waals surface area contributed by atoms with Gasteiger partial charge in [-0.25, -0.2) is 0 Å². The highest BCUT2D eigenvalue weighted by Crippen LogP contribution is 2.35. The van der Waals surface area contributed by atoms with Crippen molar-refractivity contribution >= 4 is 28.9 Å². The number of para-hydroxylation sites is 1. The van der Waals surface area contributed by atoms with E-state index in [1.54, 1.807) is 39.9 Å². The number of hydrogen-bond donors (Lipinski definition) is 1. The van der Waals surface area contributed by atoms with Crippen molar-refractivity contribution in [3.63, 3.8) is 0 Å². The molecule has 0 saturated heterocycles. The molecule has 2 aromatic rings. The second-order valence-corrected chi connectivity index (χ2v) is 8.59. The first-order valence-electron chi connectivity index (χ1n) is 10.8. The van der Waals surface area contributed by atoms with Crippen LogP contribution in [-0.2, 0) is 15.8 Å². The summed E-state index contributed by atoms with van der Waals surface area (Å²) in [7, 11) is 4.93. The molecule has 2 atom stereocenters. The molecular formula is C25H32F3N3O2. The van der Waals surface area contributed by atoms with Gasteiger partial charge in [-0.3, -0.25) is 9.59 Å². The van der Waals surface area contributed by atoms with Gasteiger partial charge in [0.1, 0.15) is 0 Å². The van der Waals surface area contributed by atoms with Crippen molar-refractivity contribution in [1.82, 2.24) is 0 Å². The molecule has 0 bridgehead atoms. The first-order valence-corrected chi connectivity index (χ1v) is 10.8. The van der Waals surface area contributed by atoms with Gasteiger partial charge in [0.25, 0.3) is 0 Å². The number of aryl methyl sites for hydroxylation is 2. The highest BCUT2D eigenvalue weighted by atomic mass is 19.4. The van der Waals surface area contributed by atoms with Crippen molar-refractivity contribution in [2.45, 2.75) is 40.3 Å². The molecule has 0 fully saturated rings. The zero-order valence-electron chi connectivity index (χ0n) is 20.2. The molecular weight excluding hydrogens is 431 g/mol. The van der Waals surface area contributed by atoms with Crippen molar-refractivity contribution in [2.75, 3.05) is 36.3 Å². The summed E-state index contributed by atoms with van der Waals surface area (Å²) >= 11 is 0. The maximum absolute atomic E-state index is 13.3. The summed E-state index contributed by atoms with van der Waals surface area (Å²) in [6.45, 7) is 7.29. The molecule has 0 saturated carbocycles. The van der Waals surface area contributed by atoms with E-state index >= 15 is 0 Å². The number of anilines is 3. The van der Waals surface area contributed by atoms with Gasteiger partial charge in [-0.15, -0.1) is 0 Å². The standard InChI is InChI=1S/C25H32F3N3O2/c1-8-21(17(4)24(33)31(7)22-15(2)10-9-11-16(22)3)23(32)29-19-12-18(25(26,27)28)13-20(14-19)30(5)6/h9-14,17,21H,8H2,1-7H3,(H,29,32). The van der Waals surface area contributed by atoms with Crippen LogP contribution in [0.3, 0.4) is 0 Å². The number of alkyl halides is 3. The van der Waals surface area contributed by atoms with Crippen LogP contribution in [0.15, 0.2) is 36.4 Å². The molecule has 0 aliphatic carbocycles. The van der Waals surface area contributed by atoms with Crippen LogP contribution in [0.25, 0.3) is 0 Å². The quantitative estimate of drug-likeness (QED) is 0.577. The lowest BCUT2D eigenvalue weighted by molar-refractivity contribution is -0.137. The summed E-state index contributed by atoms with van der Waals surface area (Å²) in [5, 5.41) is 2.60. The topological polar surface area (TPSA) is 52.7 Å². The smallest absolute Gasteiger partial charge is 0.378 e. The zero-order chi connectivity index (χ0) is 25.1. The molecule has 5 nitrogen and oxygen atoms in total. The molecule has 0 heterocycles. The lowest BCUT2D eigenvalue weighted by atomic mass is 9.89. The van der Waals surface area contributed by atoms with Gasteiger partial charge in [0, 0.05) is 50.0 Å². The van der Waals surface area contributed by atoms with Crippen LogP contribution in [0.2, 0.25) is 0 Å². The highest BCUT2D eigenvalue weighted by Gasteiger charge is 2.34. The van der Waals surface area contributed by atoms with Crippen LogP contribution in [0.4, 0.5) is 30.2 Å². The van der Waals surface area contributed by atoms with E-state index in [0.717, 1.165) is 28.9 Å². The fourth-order valence-electron chi connectivity index (χ4n) is 4.03. The Morgan fingerprint density at radius 1 is 1.03 bits per heavy atom. The molecule has 2 aromatic carbocycles. The molecule has 0 aliphatic rings. The van der Waals surface area contributed by atoms with Gasteiger partial charge in [0.05, 0.1) is 5.56 Å². The second kappa shape index (κ2) is 10.3. The Bertz CT molecular complexity index is 998. The number of rotatable bonds is 7. The van der Waals surface area contributed by atoms with E-state index in [2.05, 4.69) is 5.32 Å². The van der Waals surface area contributed by atoms with E-state index < -0.39 is 29.5 Å². The Hall–Kier alpha value is -3.03. The SMILES string of the molecule is CCC(C(=O)Nc1cc(N(C)C)cc(C(F)(F)F)c1)C(C)C(=O)N(C)c1c(C)cccc1C. The van der Waals surface area contributed by atoms with Crippen LogP contribution in [-0.4, -0.2) is 33.0 Å². The third-order valence-electron chi connectivity index (χ3n) is 5.90. The number of carbonyl (C=O) groups is 2. The minimum Gasteiger partial charge on any atom is -0.378 e. The number of nitrogens with zero attached hydrogens (tertiary/aromatic N) is 2. The first-order chi connectivity index (χ1) is 15.3. The van der Waals surface area contributed by atoms with Crippen molar-refractivity contribution in [3.05, 3.63) is 53.1 Å². The van der Waals surface area contributed by atoms with E-state index in [0.29, 0.717) is 12.1 Å². The third-order valence-corrected chi connectivity index (χ3v) is 5.90. The molecule has 2 amide bonds. The van der Waals surface area contributed by atoms with E-state index in [4.69, 9.17) is 0 Å². The molecule has 0 aliphatic heterocycles. The average Bonchev–Trinajstić information content (AvgIpc) is 2.72. The Kier molecular flexibility index (Phi) is 8.16. The zero-order valence-corrected chi connectivity index (χ0v) is 20.2. The van der Waals surface area contributed by atoms with Crippen LogP contribution < -0.4 is 15.1 Å². The summed E-state index contributed by atoms with van der Waals surface area (Å²) in [6.07, 6.45) is -4.19. The average molecular weight is 464 g/mol. The number of amides is 2. The monoisotopic (exact) mass is 463 g/mol. The van der Waals surface area contributed by atoms with Crippen molar-refractivity contribution in [3.8, 4) is 0 Å². The van der Waals surface area contributed by atoms with Crippen molar-refractivity contribution in [2.24, 2.45) is 11.8 Å². The second-order valence-electron chi connectivity index (χ2n) is 8.59. The van der Waals surface area contributed by atoms with Gasteiger partial charge in [-0.1, -0.05) is 32.0 Å². The molecule has 0 radical (unpaired) electrons. The maximum atomic E-state index is 13.3. The van der Waals surface area contributed by atoms with Gasteiger partial charge in [0.15, 0.2) is 0 Å². The predicted octanol–water partition coefficient (Wildman–Crippen LogP) is 5.65. The number of carbonyl (C=O) groups excluding carboxylic acids is 2. The number of halogens is 3. The maximum Gasteiger partial charge on any atom is 0.416 e. The fraction of sp³-hybridized carbons (Fsp3) is 0.440. The van der Waals surface area contributed by atoms with Crippen molar-refractivity contribution < 1.29 is 22.8 Å². The van der Waals surface area contributed by atoms with Crippen LogP contribution in [0.1, 0.15) is 37.0 Å². The van der Waals surface area contributed by atoms with Gasteiger partial charge in [0.2, 0.25) is 11.8 Å². The van der Waals surface area contributed by atoms with Crippen LogP contribution in [0, 0.1) is 25.7 Å².